The van der Waals surface area contributed by atoms with Crippen LogP contribution in [0.4, 0.5) is 0 Å². The van der Waals surface area contributed by atoms with Gasteiger partial charge in [-0.05, 0) is 48.4 Å². The molecule has 3 nitrogen and oxygen atoms in total. The van der Waals surface area contributed by atoms with Crippen molar-refractivity contribution in [2.45, 2.75) is 13.5 Å². The monoisotopic (exact) mass is 298 g/mol. The fourth-order valence-corrected chi connectivity index (χ4v) is 2.77. The van der Waals surface area contributed by atoms with E-state index in [1.54, 1.807) is 6.07 Å². The molecule has 0 fully saturated rings. The van der Waals surface area contributed by atoms with E-state index in [0.717, 1.165) is 33.6 Å². The molecular weight excluding hydrogens is 284 g/mol. The Balaban J connectivity index is 1.99. The van der Waals surface area contributed by atoms with E-state index in [0.29, 0.717) is 5.56 Å². The maximum Gasteiger partial charge on any atom is 0.248 e. The summed E-state index contributed by atoms with van der Waals surface area (Å²) in [6, 6.07) is 13.5. The summed E-state index contributed by atoms with van der Waals surface area (Å²) in [6.07, 6.45) is 2.03. The number of nitrogens with two attached hydrogens (primary N) is 1. The van der Waals surface area contributed by atoms with Gasteiger partial charge in [-0.25, -0.2) is 0 Å². The highest BCUT2D eigenvalue weighted by Gasteiger charge is 2.08. The standard InChI is InChI=1S/C17H15ClN2O/c1-11-9-12(17(19)21)5-6-13(11)10-20-8-7-14-15(18)3-2-4-16(14)20/h2-9H,10H2,1H3,(H2,19,21). The zero-order valence-electron chi connectivity index (χ0n) is 11.6. The van der Waals surface area contributed by atoms with Crippen LogP contribution in [0.3, 0.4) is 0 Å². The molecule has 0 aliphatic carbocycles. The number of carbonyl (C=O) groups is 1. The van der Waals surface area contributed by atoms with Crippen molar-refractivity contribution in [1.29, 1.82) is 0 Å². The van der Waals surface area contributed by atoms with Gasteiger partial charge in [-0.3, -0.25) is 4.79 Å². The van der Waals surface area contributed by atoms with Crippen molar-refractivity contribution in [1.82, 2.24) is 4.57 Å². The van der Waals surface area contributed by atoms with E-state index in [1.165, 1.54) is 0 Å². The molecule has 1 amide bonds. The number of hydrogen-bond donors (Lipinski definition) is 1. The van der Waals surface area contributed by atoms with E-state index < -0.39 is 5.91 Å². The Bertz CT molecular complexity index is 836. The lowest BCUT2D eigenvalue weighted by Crippen LogP contribution is -2.11. The molecule has 1 heterocycles. The number of amides is 1. The second-order valence-electron chi connectivity index (χ2n) is 5.12. The molecule has 21 heavy (non-hydrogen) atoms. The van der Waals surface area contributed by atoms with Crippen LogP contribution < -0.4 is 5.73 Å². The number of benzene rings is 2. The van der Waals surface area contributed by atoms with Gasteiger partial charge in [-0.15, -0.1) is 0 Å². The van der Waals surface area contributed by atoms with Gasteiger partial charge in [0, 0.05) is 34.2 Å². The Hall–Kier alpha value is -2.26. The van der Waals surface area contributed by atoms with Crippen LogP contribution in [0.25, 0.3) is 10.9 Å². The van der Waals surface area contributed by atoms with Crippen LogP contribution in [0.5, 0.6) is 0 Å². The Morgan fingerprint density at radius 1 is 1.24 bits per heavy atom. The minimum Gasteiger partial charge on any atom is -0.366 e. The molecule has 0 saturated carbocycles. The van der Waals surface area contributed by atoms with Crippen molar-refractivity contribution in [2.75, 3.05) is 0 Å². The zero-order chi connectivity index (χ0) is 15.0. The van der Waals surface area contributed by atoms with Crippen molar-refractivity contribution < 1.29 is 4.79 Å². The van der Waals surface area contributed by atoms with E-state index >= 15 is 0 Å². The summed E-state index contributed by atoms with van der Waals surface area (Å²) in [4.78, 5) is 11.2. The average Bonchev–Trinajstić information content (AvgIpc) is 2.85. The molecule has 0 spiro atoms. The number of halogens is 1. The number of carbonyl (C=O) groups excluding carboxylic acids is 1. The summed E-state index contributed by atoms with van der Waals surface area (Å²) >= 11 is 6.20. The third-order valence-corrected chi connectivity index (χ3v) is 4.06. The third kappa shape index (κ3) is 2.52. The second-order valence-corrected chi connectivity index (χ2v) is 5.53. The quantitative estimate of drug-likeness (QED) is 0.786. The van der Waals surface area contributed by atoms with E-state index in [9.17, 15) is 4.79 Å². The Kier molecular flexibility index (Phi) is 3.43. The van der Waals surface area contributed by atoms with Gasteiger partial charge in [-0.1, -0.05) is 23.7 Å². The van der Waals surface area contributed by atoms with Crippen LogP contribution in [0.1, 0.15) is 21.5 Å². The van der Waals surface area contributed by atoms with Gasteiger partial charge in [0.1, 0.15) is 0 Å². The van der Waals surface area contributed by atoms with Gasteiger partial charge >= 0.3 is 0 Å². The molecule has 4 heteroatoms. The highest BCUT2D eigenvalue weighted by Crippen LogP contribution is 2.25. The largest absolute Gasteiger partial charge is 0.366 e. The first-order valence-corrected chi connectivity index (χ1v) is 7.07. The molecule has 3 rings (SSSR count). The van der Waals surface area contributed by atoms with Gasteiger partial charge in [0.15, 0.2) is 0 Å². The Morgan fingerprint density at radius 2 is 2.05 bits per heavy atom. The van der Waals surface area contributed by atoms with Crippen LogP contribution >= 0.6 is 11.6 Å². The summed E-state index contributed by atoms with van der Waals surface area (Å²) in [5.74, 6) is -0.400. The predicted octanol–water partition coefficient (Wildman–Crippen LogP) is 3.75. The van der Waals surface area contributed by atoms with Crippen LogP contribution in [-0.2, 0) is 6.54 Å². The molecule has 0 bridgehead atoms. The maximum absolute atomic E-state index is 11.2. The summed E-state index contributed by atoms with van der Waals surface area (Å²) in [7, 11) is 0. The van der Waals surface area contributed by atoms with Crippen molar-refractivity contribution >= 4 is 28.4 Å². The number of aryl methyl sites for hydroxylation is 1. The van der Waals surface area contributed by atoms with Gasteiger partial charge in [0.2, 0.25) is 5.91 Å². The number of rotatable bonds is 3. The fourth-order valence-electron chi connectivity index (χ4n) is 2.53. The predicted molar refractivity (Wildman–Crippen MR) is 85.7 cm³/mol. The molecule has 1 aromatic heterocycles. The number of fused-ring (bicyclic) bond motifs is 1. The molecule has 2 N–H and O–H groups in total. The van der Waals surface area contributed by atoms with Gasteiger partial charge < -0.3 is 10.3 Å². The van der Waals surface area contributed by atoms with E-state index in [2.05, 4.69) is 4.57 Å². The number of aromatic nitrogens is 1. The molecule has 0 aliphatic heterocycles. The summed E-state index contributed by atoms with van der Waals surface area (Å²) in [5.41, 5.74) is 9.14. The summed E-state index contributed by atoms with van der Waals surface area (Å²) < 4.78 is 2.15. The first kappa shape index (κ1) is 13.7. The van der Waals surface area contributed by atoms with E-state index in [-0.39, 0.29) is 0 Å². The molecule has 0 aliphatic rings. The van der Waals surface area contributed by atoms with Crippen LogP contribution in [0.2, 0.25) is 5.02 Å². The normalized spacial score (nSPS) is 11.0. The van der Waals surface area contributed by atoms with Crippen LogP contribution in [0.15, 0.2) is 48.7 Å². The molecule has 3 aromatic rings. The highest BCUT2D eigenvalue weighted by atomic mass is 35.5. The average molecular weight is 299 g/mol. The Labute approximate surface area is 127 Å². The minimum absolute atomic E-state index is 0.400. The van der Waals surface area contributed by atoms with Crippen molar-refractivity contribution in [3.05, 3.63) is 70.4 Å². The maximum atomic E-state index is 11.2. The third-order valence-electron chi connectivity index (χ3n) is 3.73. The lowest BCUT2D eigenvalue weighted by molar-refractivity contribution is 0.1000. The van der Waals surface area contributed by atoms with Crippen molar-refractivity contribution in [3.8, 4) is 0 Å². The summed E-state index contributed by atoms with van der Waals surface area (Å²) in [5, 5.41) is 1.80. The zero-order valence-corrected chi connectivity index (χ0v) is 12.4. The lowest BCUT2D eigenvalue weighted by atomic mass is 10.0. The first-order chi connectivity index (χ1) is 10.1. The van der Waals surface area contributed by atoms with E-state index in [4.69, 9.17) is 17.3 Å². The Morgan fingerprint density at radius 3 is 2.76 bits per heavy atom. The van der Waals surface area contributed by atoms with Crippen LogP contribution in [0, 0.1) is 6.92 Å². The topological polar surface area (TPSA) is 48.0 Å². The number of nitrogens with zero attached hydrogens (tertiary/aromatic N) is 1. The SMILES string of the molecule is Cc1cc(C(N)=O)ccc1Cn1ccc2c(Cl)cccc21. The van der Waals surface area contributed by atoms with Gasteiger partial charge in [-0.2, -0.15) is 0 Å². The van der Waals surface area contributed by atoms with Crippen LogP contribution in [-0.4, -0.2) is 10.5 Å². The van der Waals surface area contributed by atoms with Crippen molar-refractivity contribution in [3.63, 3.8) is 0 Å². The molecular formula is C17H15ClN2O. The molecule has 0 atom stereocenters. The fraction of sp³-hybridized carbons (Fsp3) is 0.118. The minimum atomic E-state index is -0.400. The van der Waals surface area contributed by atoms with Gasteiger partial charge in [0.05, 0.1) is 0 Å². The first-order valence-electron chi connectivity index (χ1n) is 6.69. The molecule has 2 aromatic carbocycles. The summed E-state index contributed by atoms with van der Waals surface area (Å²) in [6.45, 7) is 2.72. The molecule has 0 saturated heterocycles. The second kappa shape index (κ2) is 5.26. The number of primary amides is 1. The lowest BCUT2D eigenvalue weighted by Gasteiger charge is -2.10. The van der Waals surface area contributed by atoms with Crippen molar-refractivity contribution in [2.24, 2.45) is 5.73 Å². The highest BCUT2D eigenvalue weighted by molar-refractivity contribution is 6.35. The van der Waals surface area contributed by atoms with Gasteiger partial charge in [0.25, 0.3) is 0 Å². The smallest absolute Gasteiger partial charge is 0.248 e. The number of hydrogen-bond acceptors (Lipinski definition) is 1. The van der Waals surface area contributed by atoms with E-state index in [1.807, 2.05) is 49.5 Å². The molecule has 0 unspecified atom stereocenters. The molecule has 0 radical (unpaired) electrons. The molecule has 106 valence electrons.